The van der Waals surface area contributed by atoms with Crippen molar-refractivity contribution < 1.29 is 4.79 Å². The summed E-state index contributed by atoms with van der Waals surface area (Å²) < 4.78 is 2.15. The van der Waals surface area contributed by atoms with E-state index in [-0.39, 0.29) is 5.78 Å². The zero-order valence-corrected chi connectivity index (χ0v) is 16.8. The summed E-state index contributed by atoms with van der Waals surface area (Å²) in [6.45, 7) is 11.1. The largest absolute Gasteiger partial charge is 0.383 e. The molecule has 0 aliphatic heterocycles. The maximum absolute atomic E-state index is 12.6. The molecule has 0 unspecified atom stereocenters. The van der Waals surface area contributed by atoms with Crippen molar-refractivity contribution in [2.24, 2.45) is 0 Å². The van der Waals surface area contributed by atoms with Gasteiger partial charge in [-0.3, -0.25) is 4.79 Å². The van der Waals surface area contributed by atoms with Crippen molar-refractivity contribution in [1.29, 1.82) is 0 Å². The van der Waals surface area contributed by atoms with Crippen LogP contribution >= 0.6 is 23.1 Å². The SMILES string of the molecule is CCn1c(C)cc(C(=O)CSc2nc(N)c3c(C)c(C)sc3n2)c1C. The van der Waals surface area contributed by atoms with Crippen molar-refractivity contribution in [3.63, 3.8) is 0 Å². The number of carbonyl (C=O) groups is 1. The van der Waals surface area contributed by atoms with E-state index in [0.717, 1.165) is 39.3 Å². The number of anilines is 1. The van der Waals surface area contributed by atoms with Gasteiger partial charge in [0.1, 0.15) is 10.6 Å². The molecule has 0 atom stereocenters. The normalized spacial score (nSPS) is 11.4. The zero-order chi connectivity index (χ0) is 18.3. The van der Waals surface area contributed by atoms with Gasteiger partial charge in [0, 0.05) is 28.4 Å². The van der Waals surface area contributed by atoms with Crippen molar-refractivity contribution in [2.75, 3.05) is 11.5 Å². The maximum atomic E-state index is 12.6. The van der Waals surface area contributed by atoms with E-state index in [1.165, 1.54) is 16.6 Å². The highest BCUT2D eigenvalue weighted by molar-refractivity contribution is 7.99. The average Bonchev–Trinajstić information content (AvgIpc) is 3.01. The molecule has 0 radical (unpaired) electrons. The number of rotatable bonds is 5. The third kappa shape index (κ3) is 3.18. The number of Topliss-reactive ketones (excluding diaryl/α,β-unsaturated/α-hetero) is 1. The second-order valence-electron chi connectivity index (χ2n) is 6.10. The smallest absolute Gasteiger partial charge is 0.191 e. The van der Waals surface area contributed by atoms with Crippen LogP contribution in [0.1, 0.15) is 39.1 Å². The molecule has 5 nitrogen and oxygen atoms in total. The molecule has 132 valence electrons. The van der Waals surface area contributed by atoms with Crippen molar-refractivity contribution >= 4 is 44.9 Å². The van der Waals surface area contributed by atoms with E-state index >= 15 is 0 Å². The molecule has 2 N–H and O–H groups in total. The molecule has 0 bridgehead atoms. The maximum Gasteiger partial charge on any atom is 0.191 e. The van der Waals surface area contributed by atoms with Gasteiger partial charge in [0.25, 0.3) is 0 Å². The second-order valence-corrected chi connectivity index (χ2v) is 8.24. The number of hydrogen-bond donors (Lipinski definition) is 1. The third-order valence-corrected chi connectivity index (χ3v) is 6.51. The van der Waals surface area contributed by atoms with Gasteiger partial charge in [-0.1, -0.05) is 11.8 Å². The van der Waals surface area contributed by atoms with Crippen molar-refractivity contribution in [3.8, 4) is 0 Å². The highest BCUT2D eigenvalue weighted by Crippen LogP contribution is 2.33. The molecular formula is C18H22N4OS2. The molecule has 3 aromatic heterocycles. The van der Waals surface area contributed by atoms with Crippen LogP contribution in [0.2, 0.25) is 0 Å². The van der Waals surface area contributed by atoms with E-state index < -0.39 is 0 Å². The molecule has 0 aromatic carbocycles. The molecule has 0 aliphatic rings. The number of aromatic nitrogens is 3. The molecule has 0 amide bonds. The predicted molar refractivity (Wildman–Crippen MR) is 106 cm³/mol. The zero-order valence-electron chi connectivity index (χ0n) is 15.1. The Bertz CT molecular complexity index is 972. The van der Waals surface area contributed by atoms with Crippen LogP contribution in [0.4, 0.5) is 5.82 Å². The molecule has 0 saturated carbocycles. The highest BCUT2D eigenvalue weighted by Gasteiger charge is 2.17. The Labute approximate surface area is 155 Å². The van der Waals surface area contributed by atoms with E-state index in [2.05, 4.69) is 28.4 Å². The number of ketones is 1. The first kappa shape index (κ1) is 17.9. The fourth-order valence-electron chi connectivity index (χ4n) is 3.10. The van der Waals surface area contributed by atoms with Gasteiger partial charge >= 0.3 is 0 Å². The monoisotopic (exact) mass is 374 g/mol. The lowest BCUT2D eigenvalue weighted by molar-refractivity contribution is 0.102. The van der Waals surface area contributed by atoms with Crippen molar-refractivity contribution in [3.05, 3.63) is 33.5 Å². The molecule has 3 aromatic rings. The Morgan fingerprint density at radius 3 is 2.64 bits per heavy atom. The second kappa shape index (κ2) is 6.80. The fourth-order valence-corrected chi connectivity index (χ4v) is 4.93. The molecule has 7 heteroatoms. The van der Waals surface area contributed by atoms with Crippen molar-refractivity contribution in [2.45, 2.75) is 46.3 Å². The molecule has 0 fully saturated rings. The van der Waals surface area contributed by atoms with Crippen LogP contribution in [0, 0.1) is 27.7 Å². The summed E-state index contributed by atoms with van der Waals surface area (Å²) in [7, 11) is 0. The number of nitrogen functional groups attached to an aromatic ring is 1. The Kier molecular flexibility index (Phi) is 4.88. The van der Waals surface area contributed by atoms with Gasteiger partial charge in [0.2, 0.25) is 0 Å². The minimum absolute atomic E-state index is 0.0959. The first-order chi connectivity index (χ1) is 11.8. The Morgan fingerprint density at radius 2 is 2.00 bits per heavy atom. The number of thioether (sulfide) groups is 1. The van der Waals surface area contributed by atoms with Crippen molar-refractivity contribution in [1.82, 2.24) is 14.5 Å². The van der Waals surface area contributed by atoms with Gasteiger partial charge in [-0.05, 0) is 46.2 Å². The number of nitrogens with zero attached hydrogens (tertiary/aromatic N) is 3. The van der Waals surface area contributed by atoms with Gasteiger partial charge in [0.05, 0.1) is 11.1 Å². The minimum Gasteiger partial charge on any atom is -0.383 e. The number of thiophene rings is 1. The Morgan fingerprint density at radius 1 is 1.28 bits per heavy atom. The topological polar surface area (TPSA) is 73.8 Å². The van der Waals surface area contributed by atoms with Crippen LogP contribution in [0.15, 0.2) is 11.2 Å². The van der Waals surface area contributed by atoms with Crippen LogP contribution < -0.4 is 5.73 Å². The van der Waals surface area contributed by atoms with Crippen LogP contribution in [-0.4, -0.2) is 26.1 Å². The summed E-state index contributed by atoms with van der Waals surface area (Å²) in [5, 5.41) is 1.49. The lowest BCUT2D eigenvalue weighted by Crippen LogP contribution is -2.06. The summed E-state index contributed by atoms with van der Waals surface area (Å²) in [5.74, 6) is 0.895. The molecule has 3 rings (SSSR count). The number of hydrogen-bond acceptors (Lipinski definition) is 6. The van der Waals surface area contributed by atoms with E-state index in [1.807, 2.05) is 26.8 Å². The van der Waals surface area contributed by atoms with Gasteiger partial charge in [-0.15, -0.1) is 11.3 Å². The van der Waals surface area contributed by atoms with Crippen LogP contribution in [0.25, 0.3) is 10.2 Å². The predicted octanol–water partition coefficient (Wildman–Crippen LogP) is 4.30. The molecule has 0 saturated heterocycles. The number of fused-ring (bicyclic) bond motifs is 1. The summed E-state index contributed by atoms with van der Waals surface area (Å²) in [6, 6.07) is 1.96. The fraction of sp³-hybridized carbons (Fsp3) is 0.389. The summed E-state index contributed by atoms with van der Waals surface area (Å²) >= 11 is 2.96. The minimum atomic E-state index is 0.0959. The molecule has 25 heavy (non-hydrogen) atoms. The first-order valence-electron chi connectivity index (χ1n) is 8.19. The van der Waals surface area contributed by atoms with Crippen LogP contribution in [-0.2, 0) is 6.54 Å². The number of carbonyl (C=O) groups excluding carboxylic acids is 1. The number of aryl methyl sites for hydroxylation is 3. The van der Waals surface area contributed by atoms with Gasteiger partial charge in [0.15, 0.2) is 10.9 Å². The molecular weight excluding hydrogens is 352 g/mol. The van der Waals surface area contributed by atoms with Gasteiger partial charge in [-0.25, -0.2) is 9.97 Å². The standard InChI is InChI=1S/C18H22N4OS2/c1-6-22-9(2)7-13(11(22)4)14(23)8-24-18-20-16(19)15-10(3)12(5)25-17(15)21-18/h7H,6,8H2,1-5H3,(H2,19,20,21). The van der Waals surface area contributed by atoms with E-state index in [0.29, 0.717) is 16.7 Å². The summed E-state index contributed by atoms with van der Waals surface area (Å²) in [4.78, 5) is 23.7. The van der Waals surface area contributed by atoms with E-state index in [4.69, 9.17) is 5.73 Å². The third-order valence-electron chi connectivity index (χ3n) is 4.56. The van der Waals surface area contributed by atoms with Gasteiger partial charge in [-0.2, -0.15) is 0 Å². The number of nitrogens with two attached hydrogens (primary N) is 1. The average molecular weight is 375 g/mol. The summed E-state index contributed by atoms with van der Waals surface area (Å²) in [5.41, 5.74) is 10.2. The van der Waals surface area contributed by atoms with Gasteiger partial charge < -0.3 is 10.3 Å². The Hall–Kier alpha value is -1.86. The summed E-state index contributed by atoms with van der Waals surface area (Å²) in [6.07, 6.45) is 0. The van der Waals surface area contributed by atoms with E-state index in [9.17, 15) is 4.79 Å². The molecule has 0 spiro atoms. The van der Waals surface area contributed by atoms with Crippen LogP contribution in [0.5, 0.6) is 0 Å². The quantitative estimate of drug-likeness (QED) is 0.409. The van der Waals surface area contributed by atoms with Crippen LogP contribution in [0.3, 0.4) is 0 Å². The van der Waals surface area contributed by atoms with E-state index in [1.54, 1.807) is 11.3 Å². The molecule has 3 heterocycles. The first-order valence-corrected chi connectivity index (χ1v) is 9.99. The lowest BCUT2D eigenvalue weighted by atomic mass is 10.2. The highest BCUT2D eigenvalue weighted by atomic mass is 32.2. The Balaban J connectivity index is 1.82. The molecule has 0 aliphatic carbocycles. The lowest BCUT2D eigenvalue weighted by Gasteiger charge is -2.06.